The van der Waals surface area contributed by atoms with E-state index in [9.17, 15) is 0 Å². The maximum atomic E-state index is 6.36. The number of halogens is 1. The van der Waals surface area contributed by atoms with Crippen LogP contribution in [0.4, 0.5) is 0 Å². The summed E-state index contributed by atoms with van der Waals surface area (Å²) in [6, 6.07) is 10.3. The molecule has 0 radical (unpaired) electrons. The average Bonchev–Trinajstić information content (AvgIpc) is 2.27. The van der Waals surface area contributed by atoms with Crippen LogP contribution in [-0.4, -0.2) is 0 Å². The Morgan fingerprint density at radius 1 is 1.07 bits per heavy atom. The number of hydrogen-bond acceptors (Lipinski definition) is 0. The molecule has 0 unspecified atom stereocenters. The van der Waals surface area contributed by atoms with Gasteiger partial charge in [-0.15, -0.1) is 0 Å². The van der Waals surface area contributed by atoms with Gasteiger partial charge in [-0.1, -0.05) is 50.1 Å². The molecular weight excluding hydrogens is 223 g/mol. The minimum Gasteiger partial charge on any atom is -0.0830 e. The Bertz CT molecular complexity index is 477. The van der Waals surface area contributed by atoms with Crippen molar-refractivity contribution in [2.75, 3.05) is 0 Å². The topological polar surface area (TPSA) is 0 Å². The first kappa shape index (κ1) is 10.7. The van der Waals surface area contributed by atoms with Gasteiger partial charge < -0.3 is 0 Å². The van der Waals surface area contributed by atoms with Gasteiger partial charge in [-0.2, -0.15) is 0 Å². The molecule has 0 atom stereocenters. The van der Waals surface area contributed by atoms with Crippen LogP contribution in [0.1, 0.15) is 11.1 Å². The van der Waals surface area contributed by atoms with Gasteiger partial charge in [0, 0.05) is 5.30 Å². The summed E-state index contributed by atoms with van der Waals surface area (Å²) in [7, 11) is 1.19. The molecule has 2 aromatic rings. The van der Waals surface area contributed by atoms with Crippen LogP contribution in [0.5, 0.6) is 0 Å². The van der Waals surface area contributed by atoms with Crippen LogP contribution in [0.2, 0.25) is 5.02 Å². The van der Waals surface area contributed by atoms with Gasteiger partial charge in [0.1, 0.15) is 0 Å². The van der Waals surface area contributed by atoms with Crippen molar-refractivity contribution in [2.24, 2.45) is 0 Å². The van der Waals surface area contributed by atoms with Gasteiger partial charge in [-0.05, 0) is 36.3 Å². The first-order valence-electron chi connectivity index (χ1n) is 4.87. The van der Waals surface area contributed by atoms with Crippen molar-refractivity contribution in [3.05, 3.63) is 52.3 Å². The lowest BCUT2D eigenvalue weighted by atomic mass is 10.1. The molecule has 15 heavy (non-hydrogen) atoms. The van der Waals surface area contributed by atoms with Crippen molar-refractivity contribution in [1.29, 1.82) is 0 Å². The third-order valence-corrected chi connectivity index (χ3v) is 4.42. The molecule has 2 rings (SSSR count). The van der Waals surface area contributed by atoms with E-state index in [2.05, 4.69) is 31.8 Å². The van der Waals surface area contributed by atoms with E-state index >= 15 is 0 Å². The summed E-state index contributed by atoms with van der Waals surface area (Å²) in [4.78, 5) is 0. The maximum absolute atomic E-state index is 6.36. The Morgan fingerprint density at radius 3 is 2.40 bits per heavy atom. The molecule has 0 fully saturated rings. The maximum Gasteiger partial charge on any atom is 0.0562 e. The molecule has 0 amide bonds. The van der Waals surface area contributed by atoms with Crippen LogP contribution in [-0.2, 0) is 0 Å². The summed E-state index contributed by atoms with van der Waals surface area (Å²) in [6.07, 6.45) is 0. The van der Waals surface area contributed by atoms with Gasteiger partial charge in [-0.3, -0.25) is 0 Å². The minimum atomic E-state index is 0.905. The summed E-state index contributed by atoms with van der Waals surface area (Å²) < 4.78 is 0. The molecule has 0 bridgehead atoms. The molecule has 0 aliphatic heterocycles. The largest absolute Gasteiger partial charge is 0.0830 e. The predicted octanol–water partition coefficient (Wildman–Crippen LogP) is 5.20. The van der Waals surface area contributed by atoms with Crippen molar-refractivity contribution in [2.45, 2.75) is 13.8 Å². The summed E-state index contributed by atoms with van der Waals surface area (Å²) in [5.74, 6) is 2.21. The lowest BCUT2D eigenvalue weighted by Crippen LogP contribution is -1.83. The van der Waals surface area contributed by atoms with Gasteiger partial charge in [-0.25, -0.2) is 0 Å². The van der Waals surface area contributed by atoms with Crippen LogP contribution in [0.25, 0.3) is 10.9 Å². The number of rotatable bonds is 1. The molecule has 0 N–H and O–H groups in total. The second-order valence-electron chi connectivity index (χ2n) is 3.59. The third kappa shape index (κ3) is 2.07. The van der Waals surface area contributed by atoms with E-state index in [4.69, 9.17) is 11.6 Å². The Labute approximate surface area is 97.0 Å². The summed E-state index contributed by atoms with van der Waals surface area (Å²) in [6.45, 7) is 4.18. The zero-order chi connectivity index (χ0) is 10.8. The fraction of sp³-hybridized carbons (Fsp3) is 0.154. The molecule has 0 spiro atoms. The number of hydrogen-bond donors (Lipinski definition) is 0. The van der Waals surface area contributed by atoms with Crippen LogP contribution in [0.3, 0.4) is 0 Å². The molecular formula is C13H12ClP. The zero-order valence-corrected chi connectivity index (χ0v) is 10.4. The number of aryl methyl sites for hydroxylation is 1. The molecule has 0 saturated heterocycles. The van der Waals surface area contributed by atoms with Crippen molar-refractivity contribution < 1.29 is 0 Å². The molecule has 0 aliphatic carbocycles. The van der Waals surface area contributed by atoms with Crippen LogP contribution < -0.4 is 0 Å². The summed E-state index contributed by atoms with van der Waals surface area (Å²) in [5.41, 5.74) is 3.68. The molecule has 76 valence electrons. The lowest BCUT2D eigenvalue weighted by Gasteiger charge is -2.08. The zero-order valence-electron chi connectivity index (χ0n) is 8.79. The molecule has 0 nitrogen and oxygen atoms in total. The predicted molar refractivity (Wildman–Crippen MR) is 68.9 cm³/mol. The number of benzene rings is 1. The fourth-order valence-electron chi connectivity index (χ4n) is 1.46. The molecule has 2 heteroatoms. The fourth-order valence-corrected chi connectivity index (χ4v) is 2.96. The van der Waals surface area contributed by atoms with Crippen LogP contribution in [0, 0.1) is 13.8 Å². The van der Waals surface area contributed by atoms with Gasteiger partial charge in [0.15, 0.2) is 0 Å². The molecule has 0 aliphatic rings. The first-order valence-corrected chi connectivity index (χ1v) is 6.21. The highest BCUT2D eigenvalue weighted by Gasteiger charge is 2.07. The minimum absolute atomic E-state index is 0.905. The molecule has 1 heterocycles. The van der Waals surface area contributed by atoms with E-state index in [0.717, 1.165) is 5.02 Å². The van der Waals surface area contributed by atoms with E-state index < -0.39 is 0 Å². The Kier molecular flexibility index (Phi) is 3.09. The van der Waals surface area contributed by atoms with E-state index in [1.807, 2.05) is 18.2 Å². The van der Waals surface area contributed by atoms with Gasteiger partial charge in [0.05, 0.1) is 5.02 Å². The highest BCUT2D eigenvalue weighted by atomic mass is 35.5. The van der Waals surface area contributed by atoms with Crippen LogP contribution in [0.15, 0.2) is 36.1 Å². The second kappa shape index (κ2) is 4.35. The summed E-state index contributed by atoms with van der Waals surface area (Å²) in [5, 5.41) is 2.11. The summed E-state index contributed by atoms with van der Waals surface area (Å²) >= 11 is 6.36. The van der Waals surface area contributed by atoms with E-state index in [1.54, 1.807) is 0 Å². The Balaban J connectivity index is 2.60. The highest BCUT2D eigenvalue weighted by molar-refractivity contribution is 7.33. The van der Waals surface area contributed by atoms with Gasteiger partial charge >= 0.3 is 0 Å². The second-order valence-corrected chi connectivity index (χ2v) is 4.94. The lowest BCUT2D eigenvalue weighted by molar-refractivity contribution is 1.37. The average molecular weight is 235 g/mol. The third-order valence-electron chi connectivity index (χ3n) is 2.56. The van der Waals surface area contributed by atoms with Crippen LogP contribution >= 0.6 is 19.8 Å². The first-order chi connectivity index (χ1) is 7.20. The standard InChI is InChI=1S/C13H12ClP/c1-9-8-15-13(12(14)10(9)2)11-6-4-3-5-7-11/h3-8H,1-2H3. The van der Waals surface area contributed by atoms with Crippen molar-refractivity contribution >= 4 is 19.8 Å². The Morgan fingerprint density at radius 2 is 1.73 bits per heavy atom. The quantitative estimate of drug-likeness (QED) is 0.636. The van der Waals surface area contributed by atoms with E-state index in [1.165, 1.54) is 30.2 Å². The molecule has 1 aromatic carbocycles. The normalized spacial score (nSPS) is 10.9. The monoisotopic (exact) mass is 234 g/mol. The van der Waals surface area contributed by atoms with Crippen molar-refractivity contribution in [3.63, 3.8) is 0 Å². The van der Waals surface area contributed by atoms with Crippen molar-refractivity contribution in [3.8, 4) is 10.9 Å². The van der Waals surface area contributed by atoms with E-state index in [-0.39, 0.29) is 0 Å². The molecule has 1 aromatic heterocycles. The van der Waals surface area contributed by atoms with E-state index in [0.29, 0.717) is 0 Å². The molecule has 0 saturated carbocycles. The Hall–Kier alpha value is -0.840. The smallest absolute Gasteiger partial charge is 0.0562 e. The highest BCUT2D eigenvalue weighted by Crippen LogP contribution is 2.38. The SMILES string of the molecule is Cc1cpc(-c2ccccc2)c(Cl)c1C. The van der Waals surface area contributed by atoms with Gasteiger partial charge in [0.25, 0.3) is 0 Å². The van der Waals surface area contributed by atoms with Gasteiger partial charge in [0.2, 0.25) is 0 Å². The van der Waals surface area contributed by atoms with Crippen molar-refractivity contribution in [1.82, 2.24) is 0 Å².